The maximum absolute atomic E-state index is 13.8. The number of benzene rings is 5. The van der Waals surface area contributed by atoms with Gasteiger partial charge in [-0.2, -0.15) is 21.0 Å². The number of carbonyl (C=O) groups is 4. The summed E-state index contributed by atoms with van der Waals surface area (Å²) in [5.74, 6) is 0.665. The summed E-state index contributed by atoms with van der Waals surface area (Å²) in [4.78, 5) is 74.6. The standard InChI is InChI=1S/C30H34N4O2.C29H31FN4O2.C23H28N4O2.C19H26N4O2/c1-21-7-9-23(10-8-21)24-11-12-25-17-26(29(33-28(25)18-24)34-15-13-32-14-16-34)27(19-31)30(35)36-20-22-5-3-2-4-6-22;30-24-8-4-7-21(15-24)22-9-10-23-16-25(28(33-27(23)17-22)34-13-11-32-12-14-34)26(18-31)29(35)36-19-20-5-2-1-3-6-20;24-15-19(23(28)29-16-17-6-2-1-3-7-17)22-21(27-12-10-25-11-13-27)14-18-8-4-5-9-20(18)26-22;20-12-17(19(24)25-14-15-4-2-1-3-5-15)16-6-7-22-13-18(16)23-10-8-21-9-11-23/h7-12,18,22,32H,2-6,13-17,20H2,1H3;4,7-10,15,17,20,32H,1-3,5-6,11-14,16,19H2;4-5,8-9,14,17,25-26H,1-3,6-7,10-13,16H2;7,13,15,21H,1-6,8-11,14H2/b27-26+;26-25+;22-19-;17-16+. The van der Waals surface area contributed by atoms with Crippen molar-refractivity contribution in [3.63, 3.8) is 0 Å². The highest BCUT2D eigenvalue weighted by molar-refractivity contribution is 6.11. The number of rotatable bonds is 16. The minimum Gasteiger partial charge on any atom is -0.461 e. The molecule has 12 aliphatic rings. The van der Waals surface area contributed by atoms with Crippen molar-refractivity contribution in [3.05, 3.63) is 200 Å². The van der Waals surface area contributed by atoms with Gasteiger partial charge in [0.05, 0.1) is 61.1 Å². The number of carbonyl (C=O) groups excluding carboxylic acids is 4. The summed E-state index contributed by atoms with van der Waals surface area (Å²) >= 11 is 0. The molecule has 8 heterocycles. The molecule has 5 aromatic carbocycles. The van der Waals surface area contributed by atoms with E-state index in [-0.39, 0.29) is 28.1 Å². The lowest BCUT2D eigenvalue weighted by atomic mass is 9.90. The van der Waals surface area contributed by atoms with Crippen LogP contribution in [0.25, 0.3) is 28.3 Å². The smallest absolute Gasteiger partial charge is 0.351 e. The molecule has 4 saturated carbocycles. The van der Waals surface area contributed by atoms with E-state index in [0.29, 0.717) is 92.0 Å². The van der Waals surface area contributed by atoms with Crippen molar-refractivity contribution in [1.82, 2.24) is 40.9 Å². The first-order valence-electron chi connectivity index (χ1n) is 45.9. The van der Waals surface area contributed by atoms with Crippen LogP contribution in [0.3, 0.4) is 0 Å². The van der Waals surface area contributed by atoms with Gasteiger partial charge in [-0.1, -0.05) is 161 Å². The first-order valence-corrected chi connectivity index (χ1v) is 45.9. The third-order valence-electron chi connectivity index (χ3n) is 26.0. The fourth-order valence-electron chi connectivity index (χ4n) is 18.7. The van der Waals surface area contributed by atoms with Gasteiger partial charge in [-0.3, -0.25) is 4.99 Å². The highest BCUT2D eigenvalue weighted by atomic mass is 19.1. The number of allylic oxidation sites excluding steroid dienone is 1. The average Bonchev–Trinajstić information content (AvgIpc) is 0.779. The van der Waals surface area contributed by atoms with Crippen LogP contribution < -0.4 is 26.6 Å². The van der Waals surface area contributed by atoms with Crippen LogP contribution in [0.4, 0.5) is 21.5 Å². The monoisotopic (exact) mass is 1700 g/mol. The Balaban J connectivity index is 0.000000138. The van der Waals surface area contributed by atoms with Crippen molar-refractivity contribution in [1.29, 1.82) is 21.0 Å². The molecule has 126 heavy (non-hydrogen) atoms. The topological polar surface area (TPSA) is 311 Å². The zero-order valence-corrected chi connectivity index (χ0v) is 72.9. The summed E-state index contributed by atoms with van der Waals surface area (Å²) in [6.07, 6.45) is 30.3. The highest BCUT2D eigenvalue weighted by Gasteiger charge is 2.36. The van der Waals surface area contributed by atoms with Crippen molar-refractivity contribution in [2.24, 2.45) is 38.6 Å². The van der Waals surface area contributed by atoms with Gasteiger partial charge in [-0.15, -0.1) is 0 Å². The van der Waals surface area contributed by atoms with Crippen LogP contribution in [0.5, 0.6) is 0 Å². The number of anilines is 1. The highest BCUT2D eigenvalue weighted by Crippen LogP contribution is 2.40. The molecule has 8 aliphatic heterocycles. The van der Waals surface area contributed by atoms with Crippen LogP contribution in [-0.2, 0) is 51.0 Å². The second kappa shape index (κ2) is 45.9. The SMILES string of the molecule is Cc1ccc(-c2ccc3c(c2)N=C(N2CCNCC2)/C(=C(\C#N)C(=O)OCC2CCCCC2)C3)cc1.N#C/C(C(=O)OCC1CCCCC1)=C1/CC=NC=C1N1CCNCC1.N#C/C(C(=O)OCC1CCCCC1)=C1/Cc2ccc(-c3cccc(F)c3)cc2N=C1N1CCNCC1.N#C/C(C(=O)OCC1CCCCC1)=C1/Nc2ccccc2C=C1N1CCNCC1. The lowest BCUT2D eigenvalue weighted by Gasteiger charge is -2.35. The number of ether oxygens (including phenoxy) is 4. The van der Waals surface area contributed by atoms with Crippen LogP contribution in [0.15, 0.2) is 186 Å². The molecule has 4 saturated heterocycles. The molecule has 0 radical (unpaired) electrons. The second-order valence-corrected chi connectivity index (χ2v) is 34.7. The quantitative estimate of drug-likeness (QED) is 0.0265. The number of nitrogens with zero attached hydrogens (tertiary/aromatic N) is 11. The van der Waals surface area contributed by atoms with Gasteiger partial charge in [0.15, 0.2) is 5.57 Å². The van der Waals surface area contributed by atoms with Crippen molar-refractivity contribution in [2.75, 3.05) is 136 Å². The molecule has 24 nitrogen and oxygen atoms in total. The number of para-hydroxylation sites is 1. The summed E-state index contributed by atoms with van der Waals surface area (Å²) in [6, 6.07) is 43.6. The molecule has 5 N–H and O–H groups in total. The normalized spacial score (nSPS) is 20.8. The number of amidine groups is 2. The van der Waals surface area contributed by atoms with E-state index in [1.807, 2.05) is 48.5 Å². The molecule has 8 fully saturated rings. The molecule has 658 valence electrons. The minimum absolute atomic E-state index is 0.0444. The average molecular weight is 1700 g/mol. The summed E-state index contributed by atoms with van der Waals surface area (Å²) in [6.45, 7) is 16.9. The number of nitriles is 4. The summed E-state index contributed by atoms with van der Waals surface area (Å²) in [5, 5.41) is 56.3. The Bertz CT molecular complexity index is 5180. The molecule has 17 rings (SSSR count). The maximum atomic E-state index is 13.8. The maximum Gasteiger partial charge on any atom is 0.351 e. The minimum atomic E-state index is -0.555. The number of hydrogen-bond acceptors (Lipinski definition) is 24. The van der Waals surface area contributed by atoms with Gasteiger partial charge in [-0.25, -0.2) is 33.6 Å². The van der Waals surface area contributed by atoms with Gasteiger partial charge in [0.25, 0.3) is 0 Å². The van der Waals surface area contributed by atoms with Gasteiger partial charge in [0.1, 0.15) is 58.5 Å². The third kappa shape index (κ3) is 24.0. The molecular formula is C101H119FN16O8. The number of piperazine rings is 4. The van der Waals surface area contributed by atoms with Crippen molar-refractivity contribution >= 4 is 64.9 Å². The number of esters is 4. The predicted molar refractivity (Wildman–Crippen MR) is 488 cm³/mol. The number of halogens is 1. The van der Waals surface area contributed by atoms with Crippen LogP contribution in [0, 0.1) is 81.7 Å². The molecular weight excluding hydrogens is 1580 g/mol. The molecule has 4 aliphatic carbocycles. The number of aliphatic imine (C=N–C) groups is 3. The fourth-order valence-corrected chi connectivity index (χ4v) is 18.7. The van der Waals surface area contributed by atoms with E-state index in [1.165, 1.54) is 94.7 Å². The Kier molecular flexibility index (Phi) is 32.9. The Morgan fingerprint density at radius 3 is 1.23 bits per heavy atom. The molecule has 5 aromatic rings. The van der Waals surface area contributed by atoms with E-state index in [2.05, 4.69) is 131 Å². The van der Waals surface area contributed by atoms with Crippen molar-refractivity contribution < 1.29 is 42.5 Å². The first-order chi connectivity index (χ1) is 61.8. The van der Waals surface area contributed by atoms with Crippen molar-refractivity contribution in [2.45, 2.75) is 155 Å². The van der Waals surface area contributed by atoms with Crippen LogP contribution in [0.2, 0.25) is 0 Å². The Morgan fingerprint density at radius 2 is 0.802 bits per heavy atom. The molecule has 0 amide bonds. The molecule has 25 heteroatoms. The van der Waals surface area contributed by atoms with Crippen LogP contribution in [0.1, 0.15) is 157 Å². The number of fused-ring (bicyclic) bond motifs is 3. The fraction of sp³-hybridized carbons (Fsp3) is 0.475. The second-order valence-electron chi connectivity index (χ2n) is 34.7. The summed E-state index contributed by atoms with van der Waals surface area (Å²) in [5.41, 5.74) is 15.4. The Labute approximate surface area is 741 Å². The van der Waals surface area contributed by atoms with E-state index in [1.54, 1.807) is 18.5 Å². The lowest BCUT2D eigenvalue weighted by molar-refractivity contribution is -0.141. The Hall–Kier alpha value is -11.8. The van der Waals surface area contributed by atoms with E-state index < -0.39 is 23.9 Å². The van der Waals surface area contributed by atoms with E-state index in [4.69, 9.17) is 28.9 Å². The van der Waals surface area contributed by atoms with Gasteiger partial charge in [0.2, 0.25) is 0 Å². The zero-order valence-electron chi connectivity index (χ0n) is 72.9. The third-order valence-corrected chi connectivity index (χ3v) is 26.0. The van der Waals surface area contributed by atoms with Crippen molar-refractivity contribution in [3.8, 4) is 46.5 Å². The van der Waals surface area contributed by atoms with Gasteiger partial charge in [-0.05, 0) is 152 Å². The van der Waals surface area contributed by atoms with Crippen LogP contribution >= 0.6 is 0 Å². The molecule has 0 unspecified atom stereocenters. The van der Waals surface area contributed by atoms with E-state index in [0.717, 1.165) is 235 Å². The number of aryl methyl sites for hydroxylation is 1. The lowest BCUT2D eigenvalue weighted by Crippen LogP contribution is -2.47. The molecule has 0 aromatic heterocycles. The largest absolute Gasteiger partial charge is 0.461 e. The molecule has 0 atom stereocenters. The first kappa shape index (κ1) is 90.4. The molecule has 0 spiro atoms. The van der Waals surface area contributed by atoms with Gasteiger partial charge >= 0.3 is 23.9 Å². The Morgan fingerprint density at radius 1 is 0.421 bits per heavy atom. The zero-order chi connectivity index (χ0) is 87.4. The molecule has 0 bridgehead atoms. The van der Waals surface area contributed by atoms with E-state index >= 15 is 0 Å². The van der Waals surface area contributed by atoms with Gasteiger partial charge < -0.3 is 65.1 Å². The van der Waals surface area contributed by atoms with E-state index in [9.17, 15) is 44.6 Å². The van der Waals surface area contributed by atoms with Gasteiger partial charge in [0, 0.05) is 158 Å². The summed E-state index contributed by atoms with van der Waals surface area (Å²) < 4.78 is 36.3. The summed E-state index contributed by atoms with van der Waals surface area (Å²) in [7, 11) is 0. The number of hydrogen-bond donors (Lipinski definition) is 5. The number of nitrogens with one attached hydrogen (secondary N) is 5. The predicted octanol–water partition coefficient (Wildman–Crippen LogP) is 15.4. The van der Waals surface area contributed by atoms with Crippen LogP contribution in [-0.4, -0.2) is 193 Å².